The van der Waals surface area contributed by atoms with Crippen molar-refractivity contribution >= 4 is 27.3 Å². The summed E-state index contributed by atoms with van der Waals surface area (Å²) >= 11 is 5.81. The van der Waals surface area contributed by atoms with E-state index >= 15 is 0 Å². The highest BCUT2D eigenvalue weighted by atomic mass is 35.5. The molecule has 1 amide bonds. The molecule has 24 heavy (non-hydrogen) atoms. The van der Waals surface area contributed by atoms with Gasteiger partial charge in [-0.25, -0.2) is 8.42 Å². The monoisotopic (exact) mass is 373 g/mol. The van der Waals surface area contributed by atoms with Crippen LogP contribution < -0.4 is 5.32 Å². The molecule has 2 N–H and O–H groups in total. The van der Waals surface area contributed by atoms with Crippen LogP contribution in [0, 0.1) is 5.41 Å². The van der Waals surface area contributed by atoms with Gasteiger partial charge in [-0.15, -0.1) is 0 Å². The minimum absolute atomic E-state index is 0.0497. The maximum Gasteiger partial charge on any atom is 0.221 e. The summed E-state index contributed by atoms with van der Waals surface area (Å²) in [6.45, 7) is 0.452. The normalized spacial score (nSPS) is 17.4. The van der Waals surface area contributed by atoms with Gasteiger partial charge in [0.05, 0.1) is 17.3 Å². The Hall–Kier alpha value is -1.11. The van der Waals surface area contributed by atoms with Crippen molar-refractivity contribution in [3.63, 3.8) is 0 Å². The molecule has 0 bridgehead atoms. The van der Waals surface area contributed by atoms with Crippen LogP contribution in [0.5, 0.6) is 0 Å². The smallest absolute Gasteiger partial charge is 0.221 e. The van der Waals surface area contributed by atoms with Crippen LogP contribution >= 0.6 is 11.6 Å². The minimum Gasteiger partial charge on any atom is -0.396 e. The molecule has 1 aromatic rings. The van der Waals surface area contributed by atoms with Gasteiger partial charge in [-0.05, 0) is 31.0 Å². The fourth-order valence-corrected chi connectivity index (χ4v) is 4.61. The molecule has 1 saturated carbocycles. The molecule has 0 heterocycles. The lowest BCUT2D eigenvalue weighted by Gasteiger charge is -2.35. The maximum absolute atomic E-state index is 12.2. The van der Waals surface area contributed by atoms with Gasteiger partial charge in [0.15, 0.2) is 9.84 Å². The number of carbonyl (C=O) groups excluding carboxylic acids is 1. The Morgan fingerprint density at radius 3 is 2.58 bits per heavy atom. The summed E-state index contributed by atoms with van der Waals surface area (Å²) in [5, 5.41) is 12.8. The third-order valence-corrected chi connectivity index (χ3v) is 6.61. The Balaban J connectivity index is 1.86. The van der Waals surface area contributed by atoms with Crippen LogP contribution in [-0.4, -0.2) is 38.3 Å². The Bertz CT molecular complexity index is 669. The van der Waals surface area contributed by atoms with Gasteiger partial charge in [0.1, 0.15) is 0 Å². The first-order valence-electron chi connectivity index (χ1n) is 8.23. The lowest BCUT2D eigenvalue weighted by molar-refractivity contribution is -0.121. The van der Waals surface area contributed by atoms with Gasteiger partial charge in [0.25, 0.3) is 0 Å². The number of aliphatic hydroxyl groups excluding tert-OH is 1. The summed E-state index contributed by atoms with van der Waals surface area (Å²) in [6.07, 6.45) is 4.96. The van der Waals surface area contributed by atoms with Gasteiger partial charge < -0.3 is 10.4 Å². The third kappa shape index (κ3) is 5.19. The fraction of sp³-hybridized carbons (Fsp3) is 0.588. The second-order valence-electron chi connectivity index (χ2n) is 6.52. The van der Waals surface area contributed by atoms with E-state index < -0.39 is 9.84 Å². The number of rotatable bonds is 7. The number of hydrogen-bond acceptors (Lipinski definition) is 4. The number of halogens is 1. The second kappa shape index (κ2) is 8.32. The van der Waals surface area contributed by atoms with E-state index in [4.69, 9.17) is 11.6 Å². The van der Waals surface area contributed by atoms with E-state index in [2.05, 4.69) is 5.32 Å². The lowest BCUT2D eigenvalue weighted by Crippen LogP contribution is -2.41. The van der Waals surface area contributed by atoms with Crippen molar-refractivity contribution in [2.24, 2.45) is 5.41 Å². The number of amides is 1. The van der Waals surface area contributed by atoms with E-state index in [0.29, 0.717) is 11.6 Å². The second-order valence-corrected chi connectivity index (χ2v) is 9.07. The molecule has 1 fully saturated rings. The molecule has 0 atom stereocenters. The molecule has 0 aliphatic heterocycles. The van der Waals surface area contributed by atoms with Gasteiger partial charge >= 0.3 is 0 Å². The van der Waals surface area contributed by atoms with Crippen LogP contribution in [-0.2, 0) is 14.6 Å². The number of nitrogens with one attached hydrogen (secondary N) is 1. The molecular weight excluding hydrogens is 350 g/mol. The molecule has 7 heteroatoms. The number of carbonyl (C=O) groups is 1. The van der Waals surface area contributed by atoms with E-state index in [1.54, 1.807) is 12.1 Å². The first-order valence-corrected chi connectivity index (χ1v) is 10.3. The third-order valence-electron chi connectivity index (χ3n) is 4.66. The van der Waals surface area contributed by atoms with Gasteiger partial charge in [0.2, 0.25) is 5.91 Å². The van der Waals surface area contributed by atoms with Crippen LogP contribution in [0.15, 0.2) is 29.2 Å². The molecule has 2 rings (SSSR count). The number of aliphatic hydroxyl groups is 1. The van der Waals surface area contributed by atoms with Crippen LogP contribution in [0.2, 0.25) is 5.02 Å². The average molecular weight is 374 g/mol. The van der Waals surface area contributed by atoms with Gasteiger partial charge in [-0.1, -0.05) is 36.9 Å². The largest absolute Gasteiger partial charge is 0.396 e. The highest BCUT2D eigenvalue weighted by Crippen LogP contribution is 2.35. The number of benzene rings is 1. The van der Waals surface area contributed by atoms with Crippen molar-refractivity contribution in [3.8, 4) is 0 Å². The van der Waals surface area contributed by atoms with Crippen molar-refractivity contribution < 1.29 is 18.3 Å². The maximum atomic E-state index is 12.2. The highest BCUT2D eigenvalue weighted by molar-refractivity contribution is 7.91. The Labute approximate surface area is 148 Å². The Kier molecular flexibility index (Phi) is 6.66. The van der Waals surface area contributed by atoms with Gasteiger partial charge in [-0.2, -0.15) is 0 Å². The van der Waals surface area contributed by atoms with E-state index in [0.717, 1.165) is 32.1 Å². The molecule has 5 nitrogen and oxygen atoms in total. The Morgan fingerprint density at radius 1 is 1.25 bits per heavy atom. The average Bonchev–Trinajstić information content (AvgIpc) is 2.59. The topological polar surface area (TPSA) is 83.5 Å². The van der Waals surface area contributed by atoms with E-state index in [-0.39, 0.29) is 35.0 Å². The van der Waals surface area contributed by atoms with Crippen molar-refractivity contribution in [2.75, 3.05) is 18.9 Å². The summed E-state index contributed by atoms with van der Waals surface area (Å²) in [5.74, 6) is -0.565. The van der Waals surface area contributed by atoms with Crippen LogP contribution in [0.4, 0.5) is 0 Å². The molecule has 1 aromatic carbocycles. The van der Waals surface area contributed by atoms with Crippen LogP contribution in [0.25, 0.3) is 0 Å². The summed E-state index contributed by atoms with van der Waals surface area (Å²) in [7, 11) is -3.54. The van der Waals surface area contributed by atoms with Crippen LogP contribution in [0.1, 0.15) is 38.5 Å². The quantitative estimate of drug-likeness (QED) is 0.769. The molecule has 0 aromatic heterocycles. The molecule has 0 unspecified atom stereocenters. The molecule has 1 aliphatic carbocycles. The molecule has 0 spiro atoms. The summed E-state index contributed by atoms with van der Waals surface area (Å²) in [4.78, 5) is 12.1. The van der Waals surface area contributed by atoms with Crippen molar-refractivity contribution in [2.45, 2.75) is 43.4 Å². The summed E-state index contributed by atoms with van der Waals surface area (Å²) < 4.78 is 24.5. The number of hydrogen-bond donors (Lipinski definition) is 2. The predicted molar refractivity (Wildman–Crippen MR) is 93.7 cm³/mol. The molecule has 0 radical (unpaired) electrons. The zero-order valence-corrected chi connectivity index (χ0v) is 15.2. The molecular formula is C17H24ClNO4S. The zero-order chi connectivity index (χ0) is 17.6. The predicted octanol–water partition coefficient (Wildman–Crippen LogP) is 2.56. The summed E-state index contributed by atoms with van der Waals surface area (Å²) in [5.41, 5.74) is -0.250. The van der Waals surface area contributed by atoms with Crippen molar-refractivity contribution in [1.82, 2.24) is 5.32 Å². The van der Waals surface area contributed by atoms with Gasteiger partial charge in [0, 0.05) is 23.4 Å². The minimum atomic E-state index is -3.54. The first-order chi connectivity index (χ1) is 11.4. The highest BCUT2D eigenvalue weighted by Gasteiger charge is 2.31. The van der Waals surface area contributed by atoms with Crippen LogP contribution in [0.3, 0.4) is 0 Å². The fourth-order valence-electron chi connectivity index (χ4n) is 3.07. The Morgan fingerprint density at radius 2 is 1.96 bits per heavy atom. The number of sulfone groups is 1. The standard InChI is InChI=1S/C17H24ClNO4S/c18-14-5-4-6-15(11-14)24(22,23)10-7-16(21)19-12-17(13-20)8-2-1-3-9-17/h4-6,11,20H,1-3,7-10,12-13H2,(H,19,21). The van der Waals surface area contributed by atoms with E-state index in [1.807, 2.05) is 0 Å². The van der Waals surface area contributed by atoms with Gasteiger partial charge in [-0.3, -0.25) is 4.79 Å². The van der Waals surface area contributed by atoms with Crippen molar-refractivity contribution in [1.29, 1.82) is 0 Å². The first kappa shape index (κ1) is 19.2. The SMILES string of the molecule is O=C(CCS(=O)(=O)c1cccc(Cl)c1)NCC1(CO)CCCCC1. The van der Waals surface area contributed by atoms with E-state index in [9.17, 15) is 18.3 Å². The molecule has 0 saturated heterocycles. The summed E-state index contributed by atoms with van der Waals surface area (Å²) in [6, 6.07) is 6.04. The molecule has 1 aliphatic rings. The lowest BCUT2D eigenvalue weighted by atomic mass is 9.74. The molecule has 134 valence electrons. The van der Waals surface area contributed by atoms with Crippen molar-refractivity contribution in [3.05, 3.63) is 29.3 Å². The zero-order valence-electron chi connectivity index (χ0n) is 13.6. The van der Waals surface area contributed by atoms with E-state index in [1.165, 1.54) is 12.1 Å².